The molecule has 1 heterocycles. The minimum Gasteiger partial charge on any atom is -0.369 e. The van der Waals surface area contributed by atoms with Crippen LogP contribution in [0.1, 0.15) is 6.92 Å². The van der Waals surface area contributed by atoms with E-state index < -0.39 is 0 Å². The van der Waals surface area contributed by atoms with Gasteiger partial charge in [-0.05, 0) is 35.0 Å². The molecule has 0 fully saturated rings. The maximum absolute atomic E-state index is 6.11. The summed E-state index contributed by atoms with van der Waals surface area (Å²) >= 11 is 15.7. The molecule has 0 spiro atoms. The van der Waals surface area contributed by atoms with Crippen LogP contribution in [0.5, 0.6) is 0 Å². The summed E-state index contributed by atoms with van der Waals surface area (Å²) in [6.45, 7) is 2.76. The number of aromatic nitrogens is 2. The molecule has 0 aliphatic carbocycles. The quantitative estimate of drug-likeness (QED) is 0.827. The van der Waals surface area contributed by atoms with Gasteiger partial charge in [0.2, 0.25) is 0 Å². The first-order valence-electron chi connectivity index (χ1n) is 5.59. The minimum absolute atomic E-state index is 0.531. The largest absolute Gasteiger partial charge is 0.369 e. The number of halogens is 3. The molecule has 1 aromatic carbocycles. The van der Waals surface area contributed by atoms with Crippen molar-refractivity contribution in [3.63, 3.8) is 0 Å². The minimum atomic E-state index is 0.531. The molecule has 0 aliphatic rings. The van der Waals surface area contributed by atoms with Crippen molar-refractivity contribution in [2.24, 2.45) is 0 Å². The van der Waals surface area contributed by atoms with Crippen molar-refractivity contribution in [3.8, 4) is 0 Å². The third-order valence-electron chi connectivity index (χ3n) is 2.34. The van der Waals surface area contributed by atoms with Crippen molar-refractivity contribution in [2.45, 2.75) is 6.92 Å². The highest BCUT2D eigenvalue weighted by Gasteiger charge is 2.11. The zero-order valence-electron chi connectivity index (χ0n) is 10.0. The maximum atomic E-state index is 6.11. The zero-order chi connectivity index (χ0) is 13.8. The molecule has 0 saturated heterocycles. The lowest BCUT2D eigenvalue weighted by Gasteiger charge is -2.12. The van der Waals surface area contributed by atoms with E-state index in [0.717, 1.165) is 11.0 Å². The molecule has 7 heteroatoms. The number of nitrogens with one attached hydrogen (secondary N) is 2. The molecule has 0 saturated carbocycles. The molecule has 0 atom stereocenters. The smallest absolute Gasteiger partial charge is 0.150 e. The predicted molar refractivity (Wildman–Crippen MR) is 83.6 cm³/mol. The van der Waals surface area contributed by atoms with E-state index in [0.29, 0.717) is 27.4 Å². The predicted octanol–water partition coefficient (Wildman–Crippen LogP) is 4.72. The molecule has 0 amide bonds. The van der Waals surface area contributed by atoms with Gasteiger partial charge in [-0.2, -0.15) is 0 Å². The normalized spacial score (nSPS) is 10.3. The van der Waals surface area contributed by atoms with Crippen molar-refractivity contribution >= 4 is 56.5 Å². The van der Waals surface area contributed by atoms with Gasteiger partial charge in [-0.15, -0.1) is 0 Å². The maximum Gasteiger partial charge on any atom is 0.150 e. The Balaban J connectivity index is 2.36. The van der Waals surface area contributed by atoms with Crippen LogP contribution in [0, 0.1) is 0 Å². The van der Waals surface area contributed by atoms with Crippen molar-refractivity contribution in [1.29, 1.82) is 0 Å². The van der Waals surface area contributed by atoms with Crippen LogP contribution in [-0.4, -0.2) is 16.5 Å². The Morgan fingerprint density at radius 2 is 1.79 bits per heavy atom. The van der Waals surface area contributed by atoms with Crippen LogP contribution in [0.4, 0.5) is 17.3 Å². The van der Waals surface area contributed by atoms with Crippen molar-refractivity contribution in [1.82, 2.24) is 9.97 Å². The van der Waals surface area contributed by atoms with Crippen LogP contribution in [-0.2, 0) is 0 Å². The molecule has 2 aromatic rings. The Labute approximate surface area is 129 Å². The van der Waals surface area contributed by atoms with E-state index in [-0.39, 0.29) is 0 Å². The van der Waals surface area contributed by atoms with Crippen molar-refractivity contribution in [3.05, 3.63) is 39.0 Å². The van der Waals surface area contributed by atoms with E-state index in [1.807, 2.05) is 6.92 Å². The molecule has 0 radical (unpaired) electrons. The molecule has 0 unspecified atom stereocenters. The summed E-state index contributed by atoms with van der Waals surface area (Å²) in [5.41, 5.74) is 0.618. The fraction of sp³-hybridized carbons (Fsp3) is 0.167. The van der Waals surface area contributed by atoms with Crippen LogP contribution in [0.25, 0.3) is 0 Å². The lowest BCUT2D eigenvalue weighted by Crippen LogP contribution is -2.04. The second-order valence-corrected chi connectivity index (χ2v) is 5.24. The molecule has 1 aromatic heterocycles. The Morgan fingerprint density at radius 3 is 2.42 bits per heavy atom. The van der Waals surface area contributed by atoms with Crippen LogP contribution in [0.2, 0.25) is 10.0 Å². The van der Waals surface area contributed by atoms with E-state index >= 15 is 0 Å². The second kappa shape index (κ2) is 6.41. The van der Waals surface area contributed by atoms with Crippen molar-refractivity contribution in [2.75, 3.05) is 17.2 Å². The molecular weight excluding hydrogens is 351 g/mol. The summed E-state index contributed by atoms with van der Waals surface area (Å²) in [7, 11) is 0. The first kappa shape index (κ1) is 14.4. The van der Waals surface area contributed by atoms with E-state index in [4.69, 9.17) is 23.2 Å². The molecular formula is C12H11BrCl2N4. The van der Waals surface area contributed by atoms with Gasteiger partial charge in [0.05, 0.1) is 15.7 Å². The van der Waals surface area contributed by atoms with Gasteiger partial charge in [0.25, 0.3) is 0 Å². The number of nitrogens with zero attached hydrogens (tertiary/aromatic N) is 2. The SMILES string of the molecule is CCNc1ncnc(Nc2c(Cl)cccc2Cl)c1Br. The van der Waals surface area contributed by atoms with Gasteiger partial charge in [-0.25, -0.2) is 9.97 Å². The van der Waals surface area contributed by atoms with Gasteiger partial charge in [0.15, 0.2) is 0 Å². The third-order valence-corrected chi connectivity index (χ3v) is 3.72. The first-order chi connectivity index (χ1) is 9.13. The third kappa shape index (κ3) is 3.29. The summed E-state index contributed by atoms with van der Waals surface area (Å²) in [6.07, 6.45) is 1.47. The van der Waals surface area contributed by atoms with Crippen molar-refractivity contribution < 1.29 is 0 Å². The lowest BCUT2D eigenvalue weighted by atomic mass is 10.3. The highest BCUT2D eigenvalue weighted by atomic mass is 79.9. The van der Waals surface area contributed by atoms with E-state index in [1.54, 1.807) is 18.2 Å². The fourth-order valence-electron chi connectivity index (χ4n) is 1.48. The topological polar surface area (TPSA) is 49.8 Å². The van der Waals surface area contributed by atoms with Crippen LogP contribution in [0.15, 0.2) is 29.0 Å². The van der Waals surface area contributed by atoms with Gasteiger partial charge in [0, 0.05) is 6.54 Å². The fourth-order valence-corrected chi connectivity index (χ4v) is 2.42. The average Bonchev–Trinajstić information content (AvgIpc) is 2.38. The Kier molecular flexibility index (Phi) is 4.85. The number of para-hydroxylation sites is 1. The van der Waals surface area contributed by atoms with Gasteiger partial charge in [0.1, 0.15) is 22.4 Å². The second-order valence-electron chi connectivity index (χ2n) is 3.64. The number of hydrogen-bond donors (Lipinski definition) is 2. The van der Waals surface area contributed by atoms with Crippen LogP contribution in [0.3, 0.4) is 0 Å². The Hall–Kier alpha value is -1.04. The van der Waals surface area contributed by atoms with E-state index in [2.05, 4.69) is 36.5 Å². The average molecular weight is 362 g/mol. The van der Waals surface area contributed by atoms with Gasteiger partial charge >= 0.3 is 0 Å². The molecule has 100 valence electrons. The molecule has 4 nitrogen and oxygen atoms in total. The lowest BCUT2D eigenvalue weighted by molar-refractivity contribution is 1.10. The molecule has 19 heavy (non-hydrogen) atoms. The molecule has 2 rings (SSSR count). The van der Waals surface area contributed by atoms with Gasteiger partial charge < -0.3 is 10.6 Å². The number of anilines is 3. The summed E-state index contributed by atoms with van der Waals surface area (Å²) in [4.78, 5) is 8.31. The summed E-state index contributed by atoms with van der Waals surface area (Å²) in [5, 5.41) is 7.29. The molecule has 0 bridgehead atoms. The first-order valence-corrected chi connectivity index (χ1v) is 7.13. The monoisotopic (exact) mass is 360 g/mol. The van der Waals surface area contributed by atoms with E-state index in [1.165, 1.54) is 6.33 Å². The van der Waals surface area contributed by atoms with E-state index in [9.17, 15) is 0 Å². The number of hydrogen-bond acceptors (Lipinski definition) is 4. The summed E-state index contributed by atoms with van der Waals surface area (Å²) in [6, 6.07) is 5.31. The summed E-state index contributed by atoms with van der Waals surface area (Å²) in [5.74, 6) is 1.31. The van der Waals surface area contributed by atoms with Gasteiger partial charge in [-0.3, -0.25) is 0 Å². The number of rotatable bonds is 4. The molecule has 0 aliphatic heterocycles. The molecule has 2 N–H and O–H groups in total. The Morgan fingerprint density at radius 1 is 1.16 bits per heavy atom. The van der Waals surface area contributed by atoms with Crippen LogP contribution >= 0.6 is 39.1 Å². The number of benzene rings is 1. The van der Waals surface area contributed by atoms with Gasteiger partial charge in [-0.1, -0.05) is 29.3 Å². The summed E-state index contributed by atoms with van der Waals surface area (Å²) < 4.78 is 0.729. The Bertz CT molecular complexity index is 572. The standard InChI is InChI=1S/C12H11BrCl2N4/c1-2-16-11-9(13)12(18-6-17-11)19-10-7(14)4-3-5-8(10)15/h3-6H,2H2,1H3,(H2,16,17,18,19). The zero-order valence-corrected chi connectivity index (χ0v) is 13.1. The highest BCUT2D eigenvalue weighted by Crippen LogP contribution is 2.35. The highest BCUT2D eigenvalue weighted by molar-refractivity contribution is 9.10. The van der Waals surface area contributed by atoms with Crippen LogP contribution < -0.4 is 10.6 Å².